The number of carbonyl (C=O) groups is 1. The summed E-state index contributed by atoms with van der Waals surface area (Å²) in [7, 11) is -2.73. The predicted octanol–water partition coefficient (Wildman–Crippen LogP) is -1.13. The number of rotatable bonds is 3. The summed E-state index contributed by atoms with van der Waals surface area (Å²) < 4.78 is 9.96. The fraction of sp³-hybridized carbons (Fsp3) is 0.667. The Morgan fingerprint density at radius 3 is 2.33 bits per heavy atom. The summed E-state index contributed by atoms with van der Waals surface area (Å²) in [4.78, 5) is 18.1. The minimum Gasteiger partial charge on any atom is -0.480 e. The van der Waals surface area contributed by atoms with Gasteiger partial charge in [-0.3, -0.25) is 9.36 Å². The quantitative estimate of drug-likeness (QED) is 0.445. The van der Waals surface area contributed by atoms with Gasteiger partial charge in [0, 0.05) is 6.16 Å². The Bertz CT molecular complexity index is 136. The molecule has 0 aromatic carbocycles. The second-order valence-electron chi connectivity index (χ2n) is 1.54. The van der Waals surface area contributed by atoms with Gasteiger partial charge in [-0.05, 0) is 0 Å². The van der Waals surface area contributed by atoms with Crippen LogP contribution in [0.2, 0.25) is 0 Å². The maximum Gasteiger partial charge on any atom is 0.321 e. The van der Waals surface area contributed by atoms with Crippen LogP contribution in [0.4, 0.5) is 0 Å². The molecule has 0 saturated carbocycles. The monoisotopic (exact) mass is 153 g/mol. The van der Waals surface area contributed by atoms with Crippen molar-refractivity contribution in [2.45, 2.75) is 6.04 Å². The van der Waals surface area contributed by atoms with Crippen LogP contribution in [-0.2, 0) is 9.36 Å². The van der Waals surface area contributed by atoms with Crippen molar-refractivity contribution in [2.75, 3.05) is 6.16 Å². The third kappa shape index (κ3) is 4.14. The van der Waals surface area contributed by atoms with Gasteiger partial charge in [0.2, 0.25) is 0 Å². The van der Waals surface area contributed by atoms with Crippen LogP contribution >= 0.6 is 8.03 Å². The third-order valence-corrected chi connectivity index (χ3v) is 1.50. The summed E-state index contributed by atoms with van der Waals surface area (Å²) >= 11 is 0. The average molecular weight is 153 g/mol. The molecule has 0 bridgehead atoms. The molecule has 0 rings (SSSR count). The fourth-order valence-corrected chi connectivity index (χ4v) is 0.826. The van der Waals surface area contributed by atoms with Gasteiger partial charge in [-0.1, -0.05) is 0 Å². The summed E-state index contributed by atoms with van der Waals surface area (Å²) in [5.74, 6) is -1.25. The minimum atomic E-state index is -2.73. The standard InChI is InChI=1S/C3H8NO4P/c4-2(3(5)6)1-9(7)8/h2,9H,1,4H2,(H,5,6)(H,7,8). The van der Waals surface area contributed by atoms with Crippen molar-refractivity contribution in [3.63, 3.8) is 0 Å². The zero-order chi connectivity index (χ0) is 7.44. The molecule has 0 aliphatic rings. The Balaban J connectivity index is 3.63. The molecule has 4 N–H and O–H groups in total. The Morgan fingerprint density at radius 1 is 1.78 bits per heavy atom. The molecule has 5 nitrogen and oxygen atoms in total. The summed E-state index contributed by atoms with van der Waals surface area (Å²) in [6, 6.07) is -1.21. The van der Waals surface area contributed by atoms with E-state index in [1.807, 2.05) is 0 Å². The van der Waals surface area contributed by atoms with Gasteiger partial charge >= 0.3 is 5.97 Å². The summed E-state index contributed by atoms with van der Waals surface area (Å²) in [5.41, 5.74) is 4.88. The first-order chi connectivity index (χ1) is 4.04. The number of hydrogen-bond acceptors (Lipinski definition) is 3. The highest BCUT2D eigenvalue weighted by molar-refractivity contribution is 7.38. The van der Waals surface area contributed by atoms with Crippen LogP contribution in [0.3, 0.4) is 0 Å². The molecule has 2 atom stereocenters. The summed E-state index contributed by atoms with van der Waals surface area (Å²) in [6.07, 6.45) is -0.347. The molecule has 0 radical (unpaired) electrons. The summed E-state index contributed by atoms with van der Waals surface area (Å²) in [6.45, 7) is 0. The lowest BCUT2D eigenvalue weighted by Gasteiger charge is -2.00. The molecule has 0 aliphatic heterocycles. The first-order valence-electron chi connectivity index (χ1n) is 2.24. The van der Waals surface area contributed by atoms with E-state index in [0.29, 0.717) is 0 Å². The highest BCUT2D eigenvalue weighted by atomic mass is 31.1. The van der Waals surface area contributed by atoms with E-state index in [0.717, 1.165) is 0 Å². The molecule has 54 valence electrons. The van der Waals surface area contributed by atoms with Gasteiger partial charge in [0.25, 0.3) is 0 Å². The molecule has 2 unspecified atom stereocenters. The van der Waals surface area contributed by atoms with Crippen LogP contribution in [0.25, 0.3) is 0 Å². The van der Waals surface area contributed by atoms with Gasteiger partial charge in [0.15, 0.2) is 8.03 Å². The molecule has 0 saturated heterocycles. The van der Waals surface area contributed by atoms with E-state index >= 15 is 0 Å². The van der Waals surface area contributed by atoms with Gasteiger partial charge in [0.1, 0.15) is 6.04 Å². The lowest BCUT2D eigenvalue weighted by Crippen LogP contribution is -2.32. The van der Waals surface area contributed by atoms with Gasteiger partial charge < -0.3 is 15.7 Å². The van der Waals surface area contributed by atoms with Crippen LogP contribution in [0, 0.1) is 0 Å². The second kappa shape index (κ2) is 3.61. The summed E-state index contributed by atoms with van der Waals surface area (Å²) in [5, 5.41) is 8.07. The minimum absolute atomic E-state index is 0.347. The predicted molar refractivity (Wildman–Crippen MR) is 31.7 cm³/mol. The van der Waals surface area contributed by atoms with Crippen molar-refractivity contribution in [3.8, 4) is 0 Å². The molecule has 0 aromatic rings. The molecule has 0 aliphatic carbocycles. The van der Waals surface area contributed by atoms with Gasteiger partial charge in [-0.25, -0.2) is 0 Å². The van der Waals surface area contributed by atoms with Crippen molar-refractivity contribution in [2.24, 2.45) is 5.73 Å². The van der Waals surface area contributed by atoms with Crippen LogP contribution in [0.1, 0.15) is 0 Å². The third-order valence-electron chi connectivity index (χ3n) is 0.712. The number of hydrogen-bond donors (Lipinski definition) is 3. The second-order valence-corrected chi connectivity index (χ2v) is 2.74. The lowest BCUT2D eigenvalue weighted by molar-refractivity contribution is -0.138. The van der Waals surface area contributed by atoms with Crippen molar-refractivity contribution in [3.05, 3.63) is 0 Å². The molecule has 0 spiro atoms. The van der Waals surface area contributed by atoms with E-state index in [1.54, 1.807) is 0 Å². The Kier molecular flexibility index (Phi) is 3.46. The van der Waals surface area contributed by atoms with Crippen LogP contribution in [-0.4, -0.2) is 28.2 Å². The molecule has 0 heterocycles. The topological polar surface area (TPSA) is 101 Å². The van der Waals surface area contributed by atoms with Gasteiger partial charge in [-0.15, -0.1) is 0 Å². The maximum absolute atomic E-state index is 9.96. The van der Waals surface area contributed by atoms with Gasteiger partial charge in [-0.2, -0.15) is 0 Å². The van der Waals surface area contributed by atoms with Gasteiger partial charge in [0.05, 0.1) is 0 Å². The fourth-order valence-electron chi connectivity index (χ4n) is 0.275. The molecule has 0 fully saturated rings. The molecule has 6 heteroatoms. The van der Waals surface area contributed by atoms with E-state index in [9.17, 15) is 9.36 Å². The highest BCUT2D eigenvalue weighted by Crippen LogP contribution is 2.12. The van der Waals surface area contributed by atoms with E-state index in [-0.39, 0.29) is 6.16 Å². The maximum atomic E-state index is 9.96. The molecule has 9 heavy (non-hydrogen) atoms. The van der Waals surface area contributed by atoms with Crippen molar-refractivity contribution in [1.82, 2.24) is 0 Å². The van der Waals surface area contributed by atoms with Crippen molar-refractivity contribution >= 4 is 14.0 Å². The Hall–Kier alpha value is -0.380. The van der Waals surface area contributed by atoms with Crippen LogP contribution in [0.5, 0.6) is 0 Å². The van der Waals surface area contributed by atoms with E-state index in [1.165, 1.54) is 0 Å². The highest BCUT2D eigenvalue weighted by Gasteiger charge is 2.12. The number of nitrogens with two attached hydrogens (primary N) is 1. The van der Waals surface area contributed by atoms with Crippen LogP contribution in [0.15, 0.2) is 0 Å². The van der Waals surface area contributed by atoms with E-state index in [4.69, 9.17) is 15.7 Å². The largest absolute Gasteiger partial charge is 0.480 e. The van der Waals surface area contributed by atoms with Crippen molar-refractivity contribution in [1.29, 1.82) is 0 Å². The van der Waals surface area contributed by atoms with E-state index in [2.05, 4.69) is 0 Å². The first-order valence-corrected chi connectivity index (χ1v) is 3.80. The first kappa shape index (κ1) is 8.62. The Morgan fingerprint density at radius 2 is 2.22 bits per heavy atom. The Labute approximate surface area is 52.4 Å². The van der Waals surface area contributed by atoms with Crippen molar-refractivity contribution < 1.29 is 19.4 Å². The average Bonchev–Trinajstić information content (AvgIpc) is 1.63. The lowest BCUT2D eigenvalue weighted by atomic mass is 10.4. The van der Waals surface area contributed by atoms with E-state index < -0.39 is 20.0 Å². The zero-order valence-electron chi connectivity index (χ0n) is 4.57. The zero-order valence-corrected chi connectivity index (χ0v) is 5.57. The number of carboxylic acid groups (broad SMARTS) is 1. The smallest absolute Gasteiger partial charge is 0.321 e. The number of carboxylic acids is 1. The molecule has 0 amide bonds. The molecular formula is C3H8NO4P. The normalized spacial score (nSPS) is 16.7. The molecule has 0 aromatic heterocycles. The number of aliphatic carboxylic acids is 1. The molecular weight excluding hydrogens is 145 g/mol. The SMILES string of the molecule is NC(C[PH](=O)O)C(=O)O. The van der Waals surface area contributed by atoms with Crippen LogP contribution < -0.4 is 5.73 Å².